The van der Waals surface area contributed by atoms with Crippen molar-refractivity contribution in [2.75, 3.05) is 19.7 Å². The van der Waals surface area contributed by atoms with Gasteiger partial charge in [-0.05, 0) is 11.6 Å². The van der Waals surface area contributed by atoms with E-state index < -0.39 is 0 Å². The first-order valence-corrected chi connectivity index (χ1v) is 8.98. The van der Waals surface area contributed by atoms with E-state index in [0.717, 1.165) is 0 Å². The Kier molecular flexibility index (Phi) is 4.29. The van der Waals surface area contributed by atoms with Gasteiger partial charge in [0.2, 0.25) is 5.91 Å². The van der Waals surface area contributed by atoms with Gasteiger partial charge in [0.1, 0.15) is 5.82 Å². The van der Waals surface area contributed by atoms with Gasteiger partial charge in [-0.15, -0.1) is 0 Å². The molecule has 2 saturated heterocycles. The Bertz CT molecular complexity index is 805. The van der Waals surface area contributed by atoms with E-state index in [9.17, 15) is 14.3 Å². The zero-order valence-corrected chi connectivity index (χ0v) is 14.8. The van der Waals surface area contributed by atoms with Crippen molar-refractivity contribution in [1.82, 2.24) is 9.80 Å². The fourth-order valence-electron chi connectivity index (χ4n) is 4.66. The average Bonchev–Trinajstić information content (AvgIpc) is 2.59. The Morgan fingerprint density at radius 1 is 1.15 bits per heavy atom. The van der Waals surface area contributed by atoms with Crippen LogP contribution in [-0.2, 0) is 11.3 Å². The van der Waals surface area contributed by atoms with Crippen molar-refractivity contribution in [3.8, 4) is 0 Å². The summed E-state index contributed by atoms with van der Waals surface area (Å²) in [5, 5.41) is 10.0. The largest absolute Gasteiger partial charge is 0.395 e. The molecule has 0 aliphatic carbocycles. The number of halogens is 1. The summed E-state index contributed by atoms with van der Waals surface area (Å²) >= 11 is 0. The first kappa shape index (κ1) is 17.2. The smallest absolute Gasteiger partial charge is 0.219 e. The average molecular weight is 354 g/mol. The molecule has 2 atom stereocenters. The van der Waals surface area contributed by atoms with Gasteiger partial charge >= 0.3 is 0 Å². The number of rotatable bonds is 4. The maximum absolute atomic E-state index is 14.2. The third-order valence-corrected chi connectivity index (χ3v) is 5.95. The third-order valence-electron chi connectivity index (χ3n) is 5.95. The standard InChI is InChI=1S/C21H23FN2O2/c1-15(26)23-13-21(14-23)20(16-7-3-2-4-8-16)19(12-25)24(21)11-17-9-5-6-10-18(17)22/h2-10,19-20,25H,11-14H2,1H3/t19-,20+/m1/s1. The molecule has 5 heteroatoms. The fraction of sp³-hybridized carbons (Fsp3) is 0.381. The number of amides is 1. The Hall–Kier alpha value is -2.24. The number of aliphatic hydroxyl groups is 1. The van der Waals surface area contributed by atoms with Crippen molar-refractivity contribution in [3.63, 3.8) is 0 Å². The molecule has 2 aromatic rings. The number of nitrogens with zero attached hydrogens (tertiary/aromatic N) is 2. The second kappa shape index (κ2) is 6.49. The van der Waals surface area contributed by atoms with Gasteiger partial charge in [-0.2, -0.15) is 0 Å². The Morgan fingerprint density at radius 2 is 1.81 bits per heavy atom. The number of aliphatic hydroxyl groups excluding tert-OH is 1. The van der Waals surface area contributed by atoms with Crippen molar-refractivity contribution < 1.29 is 14.3 Å². The predicted octanol–water partition coefficient (Wildman–Crippen LogP) is 2.39. The van der Waals surface area contributed by atoms with Crippen molar-refractivity contribution in [2.24, 2.45) is 0 Å². The van der Waals surface area contributed by atoms with Crippen molar-refractivity contribution in [1.29, 1.82) is 0 Å². The van der Waals surface area contributed by atoms with Crippen LogP contribution in [0.25, 0.3) is 0 Å². The van der Waals surface area contributed by atoms with Crippen LogP contribution < -0.4 is 0 Å². The summed E-state index contributed by atoms with van der Waals surface area (Å²) in [6.45, 7) is 3.26. The molecule has 4 nitrogen and oxygen atoms in total. The first-order valence-electron chi connectivity index (χ1n) is 8.98. The van der Waals surface area contributed by atoms with Crippen LogP contribution in [0, 0.1) is 5.82 Å². The Morgan fingerprint density at radius 3 is 2.42 bits per heavy atom. The van der Waals surface area contributed by atoms with Crippen LogP contribution in [0.4, 0.5) is 4.39 Å². The first-order chi connectivity index (χ1) is 12.6. The monoisotopic (exact) mass is 354 g/mol. The number of carbonyl (C=O) groups is 1. The van der Waals surface area contributed by atoms with Gasteiger partial charge in [0.05, 0.1) is 12.1 Å². The van der Waals surface area contributed by atoms with Crippen LogP contribution in [-0.4, -0.2) is 52.1 Å². The summed E-state index contributed by atoms with van der Waals surface area (Å²) < 4.78 is 14.2. The topological polar surface area (TPSA) is 43.8 Å². The van der Waals surface area contributed by atoms with Crippen LogP contribution in [0.5, 0.6) is 0 Å². The lowest BCUT2D eigenvalue weighted by molar-refractivity contribution is -0.199. The normalized spacial score (nSPS) is 24.2. The summed E-state index contributed by atoms with van der Waals surface area (Å²) in [7, 11) is 0. The summed E-state index contributed by atoms with van der Waals surface area (Å²) in [5.74, 6) is -0.0398. The highest BCUT2D eigenvalue weighted by Gasteiger charge is 2.65. The van der Waals surface area contributed by atoms with E-state index in [1.54, 1.807) is 19.1 Å². The van der Waals surface area contributed by atoms with E-state index in [0.29, 0.717) is 25.2 Å². The summed E-state index contributed by atoms with van der Waals surface area (Å²) in [6.07, 6.45) is 0. The molecule has 2 heterocycles. The van der Waals surface area contributed by atoms with Gasteiger partial charge in [0.15, 0.2) is 0 Å². The molecule has 0 unspecified atom stereocenters. The molecule has 0 radical (unpaired) electrons. The number of likely N-dealkylation sites (tertiary alicyclic amines) is 2. The zero-order chi connectivity index (χ0) is 18.3. The SMILES string of the molecule is CC(=O)N1CC2(C1)[C@@H](c1ccccc1)[C@@H](CO)N2Cc1ccccc1F. The lowest BCUT2D eigenvalue weighted by Gasteiger charge is -2.70. The van der Waals surface area contributed by atoms with Crippen molar-refractivity contribution in [2.45, 2.75) is 31.0 Å². The molecule has 2 aromatic carbocycles. The fourth-order valence-corrected chi connectivity index (χ4v) is 4.66. The molecule has 2 fully saturated rings. The zero-order valence-electron chi connectivity index (χ0n) is 14.8. The quantitative estimate of drug-likeness (QED) is 0.917. The predicted molar refractivity (Wildman–Crippen MR) is 97.0 cm³/mol. The molecule has 0 bridgehead atoms. The molecule has 4 rings (SSSR count). The number of benzene rings is 2. The lowest BCUT2D eigenvalue weighted by atomic mass is 9.60. The van der Waals surface area contributed by atoms with Crippen LogP contribution in [0.1, 0.15) is 24.0 Å². The highest BCUT2D eigenvalue weighted by molar-refractivity contribution is 5.75. The molecule has 136 valence electrons. The van der Waals surface area contributed by atoms with E-state index in [4.69, 9.17) is 0 Å². The van der Waals surface area contributed by atoms with E-state index in [-0.39, 0.29) is 35.8 Å². The molecule has 2 aliphatic rings. The van der Waals surface area contributed by atoms with Gasteiger partial charge in [0.25, 0.3) is 0 Å². The second-order valence-electron chi connectivity index (χ2n) is 7.34. The molecule has 0 saturated carbocycles. The van der Waals surface area contributed by atoms with E-state index in [1.807, 2.05) is 29.2 Å². The number of hydrogen-bond acceptors (Lipinski definition) is 3. The van der Waals surface area contributed by atoms with Gasteiger partial charge in [0, 0.05) is 44.1 Å². The summed E-state index contributed by atoms with van der Waals surface area (Å²) in [4.78, 5) is 15.8. The molecular formula is C21H23FN2O2. The van der Waals surface area contributed by atoms with Crippen LogP contribution in [0.3, 0.4) is 0 Å². The minimum Gasteiger partial charge on any atom is -0.395 e. The van der Waals surface area contributed by atoms with Gasteiger partial charge in [-0.3, -0.25) is 9.69 Å². The summed E-state index contributed by atoms with van der Waals surface area (Å²) in [5.41, 5.74) is 1.56. The van der Waals surface area contributed by atoms with E-state index in [2.05, 4.69) is 17.0 Å². The van der Waals surface area contributed by atoms with Crippen LogP contribution in [0.2, 0.25) is 0 Å². The summed E-state index contributed by atoms with van der Waals surface area (Å²) in [6, 6.07) is 16.8. The minimum atomic E-state index is -0.233. The molecule has 26 heavy (non-hydrogen) atoms. The highest BCUT2D eigenvalue weighted by atomic mass is 19.1. The molecule has 1 N–H and O–H groups in total. The van der Waals surface area contributed by atoms with Crippen molar-refractivity contribution >= 4 is 5.91 Å². The molecule has 2 aliphatic heterocycles. The lowest BCUT2D eigenvalue weighted by Crippen LogP contribution is -2.84. The third kappa shape index (κ3) is 2.54. The Balaban J connectivity index is 1.66. The molecule has 1 amide bonds. The van der Waals surface area contributed by atoms with E-state index in [1.165, 1.54) is 11.6 Å². The minimum absolute atomic E-state index is 0.00976. The maximum atomic E-state index is 14.2. The van der Waals surface area contributed by atoms with Gasteiger partial charge < -0.3 is 10.0 Å². The van der Waals surface area contributed by atoms with Crippen LogP contribution >= 0.6 is 0 Å². The van der Waals surface area contributed by atoms with Crippen LogP contribution in [0.15, 0.2) is 54.6 Å². The van der Waals surface area contributed by atoms with Gasteiger partial charge in [-0.25, -0.2) is 4.39 Å². The molecule has 1 spiro atoms. The number of carbonyl (C=O) groups excluding carboxylic acids is 1. The molecular weight excluding hydrogens is 331 g/mol. The second-order valence-corrected chi connectivity index (χ2v) is 7.34. The number of hydrogen-bond donors (Lipinski definition) is 1. The van der Waals surface area contributed by atoms with Gasteiger partial charge in [-0.1, -0.05) is 48.5 Å². The highest BCUT2D eigenvalue weighted by Crippen LogP contribution is 2.54. The molecule has 0 aromatic heterocycles. The maximum Gasteiger partial charge on any atom is 0.219 e. The Labute approximate surface area is 152 Å². The van der Waals surface area contributed by atoms with Crippen molar-refractivity contribution in [3.05, 3.63) is 71.5 Å². The van der Waals surface area contributed by atoms with E-state index >= 15 is 0 Å².